The van der Waals surface area contributed by atoms with Gasteiger partial charge in [0.15, 0.2) is 0 Å². The van der Waals surface area contributed by atoms with Crippen LogP contribution in [-0.4, -0.2) is 48.4 Å². The average molecular weight is 382 g/mol. The number of thiophene rings is 1. The number of hydrogen-bond acceptors (Lipinski definition) is 6. The van der Waals surface area contributed by atoms with Crippen molar-refractivity contribution in [3.05, 3.63) is 47.1 Å². The van der Waals surface area contributed by atoms with Crippen LogP contribution in [0.25, 0.3) is 10.2 Å². The van der Waals surface area contributed by atoms with Crippen LogP contribution < -0.4 is 4.90 Å². The zero-order chi connectivity index (χ0) is 18.8. The fourth-order valence-corrected chi connectivity index (χ4v) is 4.33. The third kappa shape index (κ3) is 3.40. The standard InChI is InChI=1S/C20H22N4O2S/c1-26-15-5-2-4-14(6-7-15)24(13-21)20(25)18-12-16-17(23-10-3-11-23)8-9-22-19(16)27-18/h4,6-9,12-13,15,21H,2-3,5,10-11H2,1H3. The van der Waals surface area contributed by atoms with E-state index in [0.29, 0.717) is 10.6 Å². The van der Waals surface area contributed by atoms with Crippen molar-refractivity contribution in [1.29, 1.82) is 5.41 Å². The van der Waals surface area contributed by atoms with Gasteiger partial charge in [-0.05, 0) is 37.5 Å². The number of ether oxygens (including phenoxy) is 1. The van der Waals surface area contributed by atoms with Crippen molar-refractivity contribution in [3.8, 4) is 0 Å². The first-order chi connectivity index (χ1) is 13.2. The van der Waals surface area contributed by atoms with Crippen LogP contribution in [0.4, 0.5) is 5.69 Å². The third-order valence-electron chi connectivity index (χ3n) is 5.04. The number of pyridine rings is 1. The molecule has 140 valence electrons. The van der Waals surface area contributed by atoms with E-state index >= 15 is 0 Å². The van der Waals surface area contributed by atoms with Crippen molar-refractivity contribution in [3.63, 3.8) is 0 Å². The Bertz CT molecular complexity index is 929. The molecule has 0 radical (unpaired) electrons. The fourth-order valence-electron chi connectivity index (χ4n) is 3.37. The van der Waals surface area contributed by atoms with E-state index in [4.69, 9.17) is 10.1 Å². The molecule has 2 aromatic rings. The summed E-state index contributed by atoms with van der Waals surface area (Å²) < 4.78 is 5.38. The summed E-state index contributed by atoms with van der Waals surface area (Å²) in [5, 5.41) is 8.80. The molecular weight excluding hydrogens is 360 g/mol. The summed E-state index contributed by atoms with van der Waals surface area (Å²) in [6.07, 6.45) is 11.6. The molecule has 2 aromatic heterocycles. The van der Waals surface area contributed by atoms with E-state index in [9.17, 15) is 4.79 Å². The van der Waals surface area contributed by atoms with E-state index in [1.807, 2.05) is 30.4 Å². The summed E-state index contributed by atoms with van der Waals surface area (Å²) in [7, 11) is 1.68. The molecule has 2 aliphatic rings. The number of carbonyl (C=O) groups excluding carboxylic acids is 1. The highest BCUT2D eigenvalue weighted by Gasteiger charge is 2.23. The molecule has 1 aliphatic carbocycles. The van der Waals surface area contributed by atoms with E-state index < -0.39 is 0 Å². The number of nitrogens with one attached hydrogen (secondary N) is 1. The number of fused-ring (bicyclic) bond motifs is 1. The molecule has 1 unspecified atom stereocenters. The van der Waals surface area contributed by atoms with Crippen molar-refractivity contribution in [2.75, 3.05) is 25.1 Å². The summed E-state index contributed by atoms with van der Waals surface area (Å²) in [5.41, 5.74) is 1.85. The largest absolute Gasteiger partial charge is 0.377 e. The van der Waals surface area contributed by atoms with E-state index in [1.165, 1.54) is 22.7 Å². The first-order valence-electron chi connectivity index (χ1n) is 9.10. The molecule has 1 fully saturated rings. The average Bonchev–Trinajstić information content (AvgIpc) is 2.94. The van der Waals surface area contributed by atoms with Gasteiger partial charge >= 0.3 is 0 Å². The molecule has 1 saturated heterocycles. The second-order valence-corrected chi connectivity index (χ2v) is 7.67. The van der Waals surface area contributed by atoms with Crippen molar-refractivity contribution in [2.24, 2.45) is 0 Å². The molecular formula is C20H22N4O2S. The summed E-state index contributed by atoms with van der Waals surface area (Å²) in [6.45, 7) is 2.09. The van der Waals surface area contributed by atoms with Gasteiger partial charge < -0.3 is 9.64 Å². The maximum atomic E-state index is 13.1. The van der Waals surface area contributed by atoms with Crippen molar-refractivity contribution in [2.45, 2.75) is 25.4 Å². The maximum absolute atomic E-state index is 13.1. The lowest BCUT2D eigenvalue weighted by Crippen LogP contribution is -2.37. The number of nitrogens with zero attached hydrogens (tertiary/aromatic N) is 3. The number of methoxy groups -OCH3 is 1. The lowest BCUT2D eigenvalue weighted by atomic mass is 10.1. The highest BCUT2D eigenvalue weighted by molar-refractivity contribution is 7.20. The zero-order valence-corrected chi connectivity index (χ0v) is 16.0. The van der Waals surface area contributed by atoms with Gasteiger partial charge in [-0.25, -0.2) is 4.98 Å². The number of allylic oxidation sites excluding steroid dienone is 2. The van der Waals surface area contributed by atoms with E-state index in [1.54, 1.807) is 13.3 Å². The normalized spacial score (nSPS) is 19.4. The highest BCUT2D eigenvalue weighted by atomic mass is 32.1. The predicted molar refractivity (Wildman–Crippen MR) is 109 cm³/mol. The van der Waals surface area contributed by atoms with Gasteiger partial charge in [-0.15, -0.1) is 11.3 Å². The monoisotopic (exact) mass is 382 g/mol. The second-order valence-electron chi connectivity index (χ2n) is 6.64. The predicted octanol–water partition coefficient (Wildman–Crippen LogP) is 3.80. The molecule has 1 atom stereocenters. The molecule has 27 heavy (non-hydrogen) atoms. The van der Waals surface area contributed by atoms with Crippen LogP contribution in [0.5, 0.6) is 0 Å². The summed E-state index contributed by atoms with van der Waals surface area (Å²) in [6, 6.07) is 3.93. The fraction of sp³-hybridized carbons (Fsp3) is 0.350. The van der Waals surface area contributed by atoms with Gasteiger partial charge in [0.2, 0.25) is 0 Å². The van der Waals surface area contributed by atoms with Crippen LogP contribution >= 0.6 is 11.3 Å². The van der Waals surface area contributed by atoms with Gasteiger partial charge in [0, 0.05) is 43.2 Å². The number of hydrogen-bond donors (Lipinski definition) is 1. The Labute approximate surface area is 162 Å². The highest BCUT2D eigenvalue weighted by Crippen LogP contribution is 2.34. The Morgan fingerprint density at radius 3 is 3.04 bits per heavy atom. The van der Waals surface area contributed by atoms with Gasteiger partial charge in [-0.2, -0.15) is 0 Å². The zero-order valence-electron chi connectivity index (χ0n) is 15.2. The molecule has 0 saturated carbocycles. The third-order valence-corrected chi connectivity index (χ3v) is 6.07. The van der Waals surface area contributed by atoms with E-state index in [-0.39, 0.29) is 12.0 Å². The first kappa shape index (κ1) is 17.9. The molecule has 0 spiro atoms. The summed E-state index contributed by atoms with van der Waals surface area (Å²) in [5.74, 6) is -0.200. The molecule has 6 nitrogen and oxygen atoms in total. The number of aromatic nitrogens is 1. The number of carbonyl (C=O) groups is 1. The van der Waals surface area contributed by atoms with Crippen molar-refractivity contribution in [1.82, 2.24) is 9.88 Å². The smallest absolute Gasteiger partial charge is 0.273 e. The minimum Gasteiger partial charge on any atom is -0.377 e. The van der Waals surface area contributed by atoms with Crippen LogP contribution in [0.1, 0.15) is 28.9 Å². The van der Waals surface area contributed by atoms with Crippen molar-refractivity contribution >= 4 is 39.5 Å². The molecule has 1 aliphatic heterocycles. The Hall–Kier alpha value is -2.51. The maximum Gasteiger partial charge on any atom is 0.273 e. The number of anilines is 1. The Morgan fingerprint density at radius 1 is 1.48 bits per heavy atom. The molecule has 4 rings (SSSR count). The first-order valence-corrected chi connectivity index (χ1v) is 9.91. The molecule has 0 aromatic carbocycles. The molecule has 1 N–H and O–H groups in total. The van der Waals surface area contributed by atoms with E-state index in [0.717, 1.165) is 48.2 Å². The van der Waals surface area contributed by atoms with E-state index in [2.05, 4.69) is 9.88 Å². The molecule has 7 heteroatoms. The second kappa shape index (κ2) is 7.62. The minimum atomic E-state index is -0.200. The SMILES string of the molecule is COC1C=CC(N(C=N)C(=O)c2cc3c(N4CCC4)ccnc3s2)=CCC1. The van der Waals surface area contributed by atoms with Gasteiger partial charge in [-0.1, -0.05) is 12.2 Å². The minimum absolute atomic E-state index is 0.0362. The number of rotatable bonds is 5. The van der Waals surface area contributed by atoms with Gasteiger partial charge in [-0.3, -0.25) is 15.1 Å². The topological polar surface area (TPSA) is 69.5 Å². The van der Waals surface area contributed by atoms with Crippen LogP contribution in [0.15, 0.2) is 42.3 Å². The molecule has 3 heterocycles. The summed E-state index contributed by atoms with van der Waals surface area (Å²) >= 11 is 1.38. The molecule has 0 bridgehead atoms. The van der Waals surface area contributed by atoms with Gasteiger partial charge in [0.25, 0.3) is 5.91 Å². The Kier molecular flexibility index (Phi) is 5.05. The van der Waals surface area contributed by atoms with Gasteiger partial charge in [0.1, 0.15) is 4.83 Å². The van der Waals surface area contributed by atoms with Crippen LogP contribution in [0.2, 0.25) is 0 Å². The van der Waals surface area contributed by atoms with Crippen molar-refractivity contribution < 1.29 is 9.53 Å². The lowest BCUT2D eigenvalue weighted by molar-refractivity contribution is 0.0888. The van der Waals surface area contributed by atoms with Crippen LogP contribution in [0, 0.1) is 5.41 Å². The van der Waals surface area contributed by atoms with Crippen LogP contribution in [-0.2, 0) is 4.74 Å². The Balaban J connectivity index is 1.64. The lowest BCUT2D eigenvalue weighted by Gasteiger charge is -2.33. The quantitative estimate of drug-likeness (QED) is 0.631. The van der Waals surface area contributed by atoms with Gasteiger partial charge in [0.05, 0.1) is 17.3 Å². The Morgan fingerprint density at radius 2 is 2.33 bits per heavy atom. The summed E-state index contributed by atoms with van der Waals surface area (Å²) in [4.78, 5) is 22.7. The van der Waals surface area contributed by atoms with Crippen LogP contribution in [0.3, 0.4) is 0 Å². The number of amides is 1. The molecule has 1 amide bonds.